The number of ether oxygens (including phenoxy) is 1. The van der Waals surface area contributed by atoms with Crippen LogP contribution in [0.4, 0.5) is 17.1 Å². The van der Waals surface area contributed by atoms with Gasteiger partial charge >= 0.3 is 5.97 Å². The normalized spacial score (nSPS) is 13.8. The van der Waals surface area contributed by atoms with E-state index in [1.54, 1.807) is 36.4 Å². The second-order valence-corrected chi connectivity index (χ2v) is 7.68. The van der Waals surface area contributed by atoms with E-state index < -0.39 is 23.4 Å². The molecular formula is C23H24N4O5. The molecule has 0 aromatic heterocycles. The summed E-state index contributed by atoms with van der Waals surface area (Å²) in [6.45, 7) is 2.80. The average molecular weight is 436 g/mol. The Balaban J connectivity index is 1.70. The van der Waals surface area contributed by atoms with Crippen LogP contribution >= 0.6 is 0 Å². The predicted octanol–water partition coefficient (Wildman–Crippen LogP) is 3.54. The van der Waals surface area contributed by atoms with Crippen molar-refractivity contribution in [3.8, 4) is 6.07 Å². The topological polar surface area (TPSA) is 117 Å². The molecule has 0 spiro atoms. The zero-order valence-corrected chi connectivity index (χ0v) is 17.8. The molecule has 2 aromatic rings. The van der Waals surface area contributed by atoms with Crippen molar-refractivity contribution in [2.75, 3.05) is 36.0 Å². The third-order valence-corrected chi connectivity index (χ3v) is 5.46. The Morgan fingerprint density at radius 2 is 1.91 bits per heavy atom. The lowest BCUT2D eigenvalue weighted by molar-refractivity contribution is -0.384. The molecule has 0 aliphatic carbocycles. The van der Waals surface area contributed by atoms with Gasteiger partial charge in [-0.3, -0.25) is 19.8 Å². The van der Waals surface area contributed by atoms with Crippen LogP contribution in [0.15, 0.2) is 48.5 Å². The van der Waals surface area contributed by atoms with Crippen LogP contribution in [-0.4, -0.2) is 43.0 Å². The summed E-state index contributed by atoms with van der Waals surface area (Å²) in [6.07, 6.45) is 1.90. The lowest BCUT2D eigenvalue weighted by atomic mass is 9.98. The van der Waals surface area contributed by atoms with E-state index in [0.29, 0.717) is 30.4 Å². The maximum absolute atomic E-state index is 12.5. The summed E-state index contributed by atoms with van der Waals surface area (Å²) >= 11 is 0. The first-order valence-corrected chi connectivity index (χ1v) is 10.3. The van der Waals surface area contributed by atoms with Gasteiger partial charge in [0.1, 0.15) is 12.2 Å². The first-order valence-electron chi connectivity index (χ1n) is 10.3. The quantitative estimate of drug-likeness (QED) is 0.282. The molecule has 2 aromatic carbocycles. The Labute approximate surface area is 185 Å². The van der Waals surface area contributed by atoms with E-state index in [4.69, 9.17) is 10.00 Å². The number of rotatable bonds is 7. The molecule has 1 fully saturated rings. The molecule has 3 rings (SSSR count). The first-order chi connectivity index (χ1) is 15.4. The van der Waals surface area contributed by atoms with Gasteiger partial charge in [0.05, 0.1) is 16.6 Å². The van der Waals surface area contributed by atoms with Crippen LogP contribution in [0.3, 0.4) is 0 Å². The van der Waals surface area contributed by atoms with Crippen molar-refractivity contribution < 1.29 is 19.2 Å². The number of nitro benzene ring substituents is 1. The van der Waals surface area contributed by atoms with Crippen LogP contribution in [0.5, 0.6) is 0 Å². The maximum Gasteiger partial charge on any atom is 0.338 e. The van der Waals surface area contributed by atoms with Crippen molar-refractivity contribution >= 4 is 28.9 Å². The number of para-hydroxylation sites is 1. The summed E-state index contributed by atoms with van der Waals surface area (Å²) in [7, 11) is 0. The minimum atomic E-state index is -0.842. The number of hydrogen-bond acceptors (Lipinski definition) is 7. The molecule has 1 heterocycles. The number of esters is 1. The summed E-state index contributed by atoms with van der Waals surface area (Å²) in [6, 6.07) is 14.7. The first kappa shape index (κ1) is 22.7. The smallest absolute Gasteiger partial charge is 0.338 e. The number of benzene rings is 2. The molecule has 9 nitrogen and oxygen atoms in total. The van der Waals surface area contributed by atoms with Gasteiger partial charge in [0.25, 0.3) is 11.6 Å². The van der Waals surface area contributed by atoms with Crippen molar-refractivity contribution in [2.45, 2.75) is 19.8 Å². The van der Waals surface area contributed by atoms with Crippen LogP contribution < -0.4 is 9.80 Å². The van der Waals surface area contributed by atoms with Crippen LogP contribution in [0, 0.1) is 27.4 Å². The molecule has 0 bridgehead atoms. The number of piperidine rings is 1. The van der Waals surface area contributed by atoms with E-state index >= 15 is 0 Å². The SMILES string of the molecule is CC1CCN(c2ccc(C(=O)OCC(=O)N(CC#N)c3ccccc3)cc2[N+](=O)[O-])CC1. The van der Waals surface area contributed by atoms with Crippen molar-refractivity contribution in [3.63, 3.8) is 0 Å². The molecule has 1 aliphatic heterocycles. The van der Waals surface area contributed by atoms with Crippen LogP contribution in [-0.2, 0) is 9.53 Å². The Morgan fingerprint density at radius 3 is 2.53 bits per heavy atom. The zero-order valence-electron chi connectivity index (χ0n) is 17.8. The monoisotopic (exact) mass is 436 g/mol. The third-order valence-electron chi connectivity index (χ3n) is 5.46. The molecular weight excluding hydrogens is 412 g/mol. The highest BCUT2D eigenvalue weighted by Crippen LogP contribution is 2.32. The number of nitro groups is 1. The van der Waals surface area contributed by atoms with Crippen molar-refractivity contribution in [3.05, 3.63) is 64.2 Å². The van der Waals surface area contributed by atoms with Crippen LogP contribution in [0.2, 0.25) is 0 Å². The van der Waals surface area contributed by atoms with Gasteiger partial charge in [-0.15, -0.1) is 0 Å². The molecule has 0 saturated carbocycles. The molecule has 166 valence electrons. The van der Waals surface area contributed by atoms with E-state index in [2.05, 4.69) is 6.92 Å². The fourth-order valence-electron chi connectivity index (χ4n) is 3.60. The van der Waals surface area contributed by atoms with Gasteiger partial charge in [-0.1, -0.05) is 25.1 Å². The van der Waals surface area contributed by atoms with Gasteiger partial charge in [0.2, 0.25) is 0 Å². The van der Waals surface area contributed by atoms with E-state index in [0.717, 1.165) is 12.8 Å². The number of carbonyl (C=O) groups excluding carboxylic acids is 2. The van der Waals surface area contributed by atoms with E-state index in [1.165, 1.54) is 17.0 Å². The Hall–Kier alpha value is -3.93. The molecule has 32 heavy (non-hydrogen) atoms. The maximum atomic E-state index is 12.5. The van der Waals surface area contributed by atoms with E-state index in [1.807, 2.05) is 11.0 Å². The second kappa shape index (κ2) is 10.4. The van der Waals surface area contributed by atoms with Gasteiger partial charge in [-0.25, -0.2) is 4.79 Å². The highest BCUT2D eigenvalue weighted by molar-refractivity contribution is 5.97. The third kappa shape index (κ3) is 5.40. The Kier molecular flexibility index (Phi) is 7.39. The number of nitrogens with zero attached hydrogens (tertiary/aromatic N) is 4. The number of anilines is 2. The molecule has 1 amide bonds. The summed E-state index contributed by atoms with van der Waals surface area (Å²) in [5.41, 5.74) is 0.797. The number of hydrogen-bond donors (Lipinski definition) is 0. The summed E-state index contributed by atoms with van der Waals surface area (Å²) < 4.78 is 5.10. The largest absolute Gasteiger partial charge is 0.452 e. The summed E-state index contributed by atoms with van der Waals surface area (Å²) in [4.78, 5) is 39.3. The molecule has 0 radical (unpaired) electrons. The fraction of sp³-hybridized carbons (Fsp3) is 0.348. The predicted molar refractivity (Wildman–Crippen MR) is 118 cm³/mol. The highest BCUT2D eigenvalue weighted by atomic mass is 16.6. The van der Waals surface area contributed by atoms with Gasteiger partial charge < -0.3 is 9.64 Å². The minimum Gasteiger partial charge on any atom is -0.452 e. The molecule has 1 aliphatic rings. The summed E-state index contributed by atoms with van der Waals surface area (Å²) in [5, 5.41) is 20.6. The molecule has 0 atom stereocenters. The van der Waals surface area contributed by atoms with E-state index in [-0.39, 0.29) is 17.8 Å². The average Bonchev–Trinajstić information content (AvgIpc) is 2.81. The van der Waals surface area contributed by atoms with E-state index in [9.17, 15) is 19.7 Å². The fourth-order valence-corrected chi connectivity index (χ4v) is 3.60. The lowest BCUT2D eigenvalue weighted by Crippen LogP contribution is -2.35. The Morgan fingerprint density at radius 1 is 1.22 bits per heavy atom. The standard InChI is InChI=1S/C23H24N4O5/c1-17-9-12-25(13-10-17)20-8-7-18(15-21(20)27(30)31)23(29)32-16-22(28)26(14-11-24)19-5-3-2-4-6-19/h2-8,15,17H,9-10,12-14,16H2,1H3. The van der Waals surface area contributed by atoms with Gasteiger partial charge in [-0.2, -0.15) is 5.26 Å². The second-order valence-electron chi connectivity index (χ2n) is 7.68. The summed E-state index contributed by atoms with van der Waals surface area (Å²) in [5.74, 6) is -0.835. The molecule has 9 heteroatoms. The minimum absolute atomic E-state index is 0.00910. The Bertz CT molecular complexity index is 1030. The van der Waals surface area contributed by atoms with Gasteiger partial charge in [0.15, 0.2) is 6.61 Å². The van der Waals surface area contributed by atoms with Crippen LogP contribution in [0.25, 0.3) is 0 Å². The highest BCUT2D eigenvalue weighted by Gasteiger charge is 2.25. The molecule has 1 saturated heterocycles. The zero-order chi connectivity index (χ0) is 23.1. The van der Waals surface area contributed by atoms with Crippen molar-refractivity contribution in [2.24, 2.45) is 5.92 Å². The molecule has 0 unspecified atom stereocenters. The molecule has 0 N–H and O–H groups in total. The van der Waals surface area contributed by atoms with Gasteiger partial charge in [0, 0.05) is 24.8 Å². The van der Waals surface area contributed by atoms with Crippen LogP contribution in [0.1, 0.15) is 30.1 Å². The number of amides is 1. The lowest BCUT2D eigenvalue weighted by Gasteiger charge is -2.31. The van der Waals surface area contributed by atoms with Crippen molar-refractivity contribution in [1.29, 1.82) is 5.26 Å². The number of carbonyl (C=O) groups is 2. The van der Waals surface area contributed by atoms with Gasteiger partial charge in [-0.05, 0) is 43.0 Å². The number of nitriles is 1. The van der Waals surface area contributed by atoms with Crippen molar-refractivity contribution in [1.82, 2.24) is 0 Å².